The van der Waals surface area contributed by atoms with Crippen LogP contribution < -0.4 is 9.47 Å². The van der Waals surface area contributed by atoms with Gasteiger partial charge in [-0.2, -0.15) is 0 Å². The summed E-state index contributed by atoms with van der Waals surface area (Å²) in [6.07, 6.45) is 6.61. The van der Waals surface area contributed by atoms with Gasteiger partial charge >= 0.3 is 11.9 Å². The summed E-state index contributed by atoms with van der Waals surface area (Å²) in [5, 5.41) is 0. The number of unbranched alkanes of at least 4 members (excludes halogenated alkanes) is 3. The number of methoxy groups -OCH3 is 2. The van der Waals surface area contributed by atoms with Crippen LogP contribution in [0.15, 0.2) is 91.0 Å². The normalized spacial score (nSPS) is 10.7. The molecule has 7 nitrogen and oxygen atoms in total. The Morgan fingerprint density at radius 2 is 1.27 bits per heavy atom. The minimum Gasteiger partial charge on any atom is -0.493 e. The van der Waals surface area contributed by atoms with Crippen LogP contribution in [0.3, 0.4) is 0 Å². The molecule has 4 rings (SSSR count). The Bertz CT molecular complexity index is 1430. The van der Waals surface area contributed by atoms with Crippen LogP contribution in [0.2, 0.25) is 0 Å². The highest BCUT2D eigenvalue weighted by Gasteiger charge is 2.13. The summed E-state index contributed by atoms with van der Waals surface area (Å²) in [4.78, 5) is 28.1. The maximum atomic E-state index is 11.9. The number of rotatable bonds is 18. The highest BCUT2D eigenvalue weighted by molar-refractivity contribution is 5.72. The molecule has 4 aromatic rings. The topological polar surface area (TPSA) is 84.0 Å². The first kappa shape index (κ1) is 33.2. The first-order valence-corrected chi connectivity index (χ1v) is 15.7. The third-order valence-electron chi connectivity index (χ3n) is 7.62. The van der Waals surface area contributed by atoms with Crippen LogP contribution in [0.4, 0.5) is 0 Å². The van der Waals surface area contributed by atoms with Crippen molar-refractivity contribution in [2.45, 2.75) is 57.8 Å². The van der Waals surface area contributed by atoms with E-state index in [4.69, 9.17) is 23.9 Å². The van der Waals surface area contributed by atoms with Crippen molar-refractivity contribution in [1.82, 2.24) is 4.98 Å². The van der Waals surface area contributed by atoms with Crippen LogP contribution in [0.25, 0.3) is 22.4 Å². The molecule has 0 bridgehead atoms. The molecule has 0 saturated heterocycles. The fraction of sp³-hybridized carbons (Fsp3) is 0.342. The van der Waals surface area contributed by atoms with Crippen molar-refractivity contribution in [2.24, 2.45) is 0 Å². The Balaban J connectivity index is 1.29. The molecule has 7 heteroatoms. The molecule has 0 amide bonds. The van der Waals surface area contributed by atoms with Gasteiger partial charge < -0.3 is 18.9 Å². The van der Waals surface area contributed by atoms with E-state index in [2.05, 4.69) is 36.4 Å². The molecule has 236 valence electrons. The summed E-state index contributed by atoms with van der Waals surface area (Å²) < 4.78 is 21.8. The van der Waals surface area contributed by atoms with Crippen molar-refractivity contribution < 1.29 is 28.5 Å². The highest BCUT2D eigenvalue weighted by Crippen LogP contribution is 2.29. The van der Waals surface area contributed by atoms with Crippen LogP contribution in [0.1, 0.15) is 56.1 Å². The Hall–Kier alpha value is -4.65. The van der Waals surface area contributed by atoms with Crippen LogP contribution in [0, 0.1) is 0 Å². The number of benzene rings is 3. The molecule has 0 radical (unpaired) electrons. The Morgan fingerprint density at radius 3 is 2.00 bits per heavy atom. The van der Waals surface area contributed by atoms with Crippen molar-refractivity contribution >= 4 is 11.9 Å². The summed E-state index contributed by atoms with van der Waals surface area (Å²) in [6, 6.07) is 30.6. The zero-order valence-electron chi connectivity index (χ0n) is 26.3. The van der Waals surface area contributed by atoms with E-state index in [1.807, 2.05) is 54.6 Å². The number of carbonyl (C=O) groups is 2. The van der Waals surface area contributed by atoms with Crippen LogP contribution in [-0.2, 0) is 31.9 Å². The van der Waals surface area contributed by atoms with Crippen LogP contribution in [-0.4, -0.2) is 44.4 Å². The third-order valence-corrected chi connectivity index (χ3v) is 7.62. The molecule has 0 aliphatic heterocycles. The van der Waals surface area contributed by atoms with E-state index in [0.717, 1.165) is 65.8 Å². The number of nitrogens with zero attached hydrogens (tertiary/aromatic N) is 1. The summed E-state index contributed by atoms with van der Waals surface area (Å²) in [6.45, 7) is 0.998. The average molecular weight is 610 g/mol. The lowest BCUT2D eigenvalue weighted by Gasteiger charge is -2.16. The van der Waals surface area contributed by atoms with Crippen LogP contribution >= 0.6 is 0 Å². The molecule has 0 fully saturated rings. The van der Waals surface area contributed by atoms with Crippen molar-refractivity contribution in [3.8, 4) is 34.0 Å². The molecule has 0 aliphatic rings. The van der Waals surface area contributed by atoms with Gasteiger partial charge in [-0.05, 0) is 66.5 Å². The van der Waals surface area contributed by atoms with Gasteiger partial charge in [-0.15, -0.1) is 0 Å². The van der Waals surface area contributed by atoms with Gasteiger partial charge in [0.25, 0.3) is 0 Å². The van der Waals surface area contributed by atoms with E-state index in [0.29, 0.717) is 38.4 Å². The van der Waals surface area contributed by atoms with E-state index in [-0.39, 0.29) is 18.4 Å². The number of pyridine rings is 1. The fourth-order valence-corrected chi connectivity index (χ4v) is 5.18. The van der Waals surface area contributed by atoms with E-state index in [1.54, 1.807) is 0 Å². The summed E-state index contributed by atoms with van der Waals surface area (Å²) in [5.74, 6) is 0.891. The van der Waals surface area contributed by atoms with Gasteiger partial charge in [0.1, 0.15) is 5.75 Å². The third kappa shape index (κ3) is 10.8. The maximum absolute atomic E-state index is 11.9. The quantitative estimate of drug-likeness (QED) is 0.0834. The molecule has 0 unspecified atom stereocenters. The van der Waals surface area contributed by atoms with Crippen molar-refractivity contribution in [2.75, 3.05) is 27.4 Å². The Morgan fingerprint density at radius 1 is 0.600 bits per heavy atom. The number of aryl methyl sites for hydroxylation is 1. The zero-order chi connectivity index (χ0) is 31.7. The molecule has 0 aliphatic carbocycles. The molecule has 0 N–H and O–H groups in total. The highest BCUT2D eigenvalue weighted by atomic mass is 16.5. The molecular formula is C38H43NO6. The monoisotopic (exact) mass is 609 g/mol. The molecule has 1 heterocycles. The number of esters is 2. The van der Waals surface area contributed by atoms with Gasteiger partial charge in [-0.25, -0.2) is 4.98 Å². The number of carbonyl (C=O) groups excluding carboxylic acids is 2. The molecular weight excluding hydrogens is 566 g/mol. The minimum absolute atomic E-state index is 0.249. The summed E-state index contributed by atoms with van der Waals surface area (Å²) in [5.41, 5.74) is 6.37. The Kier molecular flexibility index (Phi) is 13.5. The molecule has 45 heavy (non-hydrogen) atoms. The number of hydrogen-bond acceptors (Lipinski definition) is 7. The van der Waals surface area contributed by atoms with Gasteiger partial charge in [0.15, 0.2) is 0 Å². The summed E-state index contributed by atoms with van der Waals surface area (Å²) >= 11 is 0. The molecule has 0 atom stereocenters. The predicted octanol–water partition coefficient (Wildman–Crippen LogP) is 8.04. The first-order valence-electron chi connectivity index (χ1n) is 15.7. The first-order chi connectivity index (χ1) is 22.1. The molecule has 1 aromatic heterocycles. The number of ether oxygens (including phenoxy) is 4. The smallest absolute Gasteiger partial charge is 0.305 e. The average Bonchev–Trinajstić information content (AvgIpc) is 3.09. The Labute approximate surface area is 266 Å². The van der Waals surface area contributed by atoms with Crippen LogP contribution in [0.5, 0.6) is 11.6 Å². The SMILES string of the molecule is COC(=O)CCCOc1cccc(CCCCCCOc2cc(-c3ccccc3)cc(-c3ccccc3)n2)c1CCC(=O)OC. The minimum atomic E-state index is -0.252. The van der Waals surface area contributed by atoms with Gasteiger partial charge in [-0.3, -0.25) is 9.59 Å². The van der Waals surface area contributed by atoms with Gasteiger partial charge in [0, 0.05) is 24.5 Å². The number of hydrogen-bond donors (Lipinski definition) is 0. The second kappa shape index (κ2) is 18.2. The predicted molar refractivity (Wildman–Crippen MR) is 176 cm³/mol. The molecule has 0 spiro atoms. The maximum Gasteiger partial charge on any atom is 0.305 e. The lowest BCUT2D eigenvalue weighted by atomic mass is 9.97. The number of aromatic nitrogens is 1. The van der Waals surface area contributed by atoms with Crippen molar-refractivity contribution in [3.63, 3.8) is 0 Å². The van der Waals surface area contributed by atoms with Gasteiger partial charge in [0.2, 0.25) is 5.88 Å². The summed E-state index contributed by atoms with van der Waals surface area (Å²) in [7, 11) is 2.79. The standard InChI is InChI=1S/C38H43NO6/c1-42-37(40)22-14-26-44-35-21-13-20-30(33(35)23-24-38(41)43-2)17-7-3-4-12-25-45-36-28-32(29-15-8-5-9-16-29)27-34(39-36)31-18-10-6-11-19-31/h5-6,8-11,13,15-16,18-21,27-28H,3-4,7,12,14,17,22-26H2,1-2H3. The van der Waals surface area contributed by atoms with E-state index in [9.17, 15) is 9.59 Å². The molecule has 3 aromatic carbocycles. The van der Waals surface area contributed by atoms with Gasteiger partial charge in [-0.1, -0.05) is 85.6 Å². The van der Waals surface area contributed by atoms with E-state index < -0.39 is 0 Å². The second-order valence-corrected chi connectivity index (χ2v) is 10.8. The largest absolute Gasteiger partial charge is 0.493 e. The lowest BCUT2D eigenvalue weighted by molar-refractivity contribution is -0.141. The van der Waals surface area contributed by atoms with E-state index >= 15 is 0 Å². The van der Waals surface area contributed by atoms with E-state index in [1.165, 1.54) is 19.8 Å². The van der Waals surface area contributed by atoms with Crippen molar-refractivity contribution in [3.05, 3.63) is 102 Å². The van der Waals surface area contributed by atoms with Crippen molar-refractivity contribution in [1.29, 1.82) is 0 Å². The second-order valence-electron chi connectivity index (χ2n) is 10.8. The molecule has 0 saturated carbocycles. The zero-order valence-corrected chi connectivity index (χ0v) is 26.3. The fourth-order valence-electron chi connectivity index (χ4n) is 5.18. The van der Waals surface area contributed by atoms with Gasteiger partial charge in [0.05, 0.1) is 33.1 Å². The lowest BCUT2D eigenvalue weighted by Crippen LogP contribution is -2.08.